The smallest absolute Gasteiger partial charge is 0.123 e. The van der Waals surface area contributed by atoms with Gasteiger partial charge in [-0.2, -0.15) is 0 Å². The predicted molar refractivity (Wildman–Crippen MR) is 87.6 cm³/mol. The Hall–Kier alpha value is -1.87. The maximum atomic E-state index is 13.6. The van der Waals surface area contributed by atoms with E-state index in [0.29, 0.717) is 6.42 Å². The molecular weight excluding hydrogens is 263 g/mol. The van der Waals surface area contributed by atoms with Gasteiger partial charge in [-0.25, -0.2) is 4.39 Å². The van der Waals surface area contributed by atoms with E-state index in [1.165, 1.54) is 11.6 Å². The topological polar surface area (TPSA) is 29.3 Å². The summed E-state index contributed by atoms with van der Waals surface area (Å²) in [6.45, 7) is 4.11. The molecule has 0 saturated carbocycles. The highest BCUT2D eigenvalue weighted by molar-refractivity contribution is 5.66. The molecule has 1 atom stereocenters. The first-order valence-electron chi connectivity index (χ1n) is 7.35. The summed E-state index contributed by atoms with van der Waals surface area (Å²) in [6.07, 6.45) is 1.56. The van der Waals surface area contributed by atoms with Crippen LogP contribution < -0.4 is 10.6 Å². The summed E-state index contributed by atoms with van der Waals surface area (Å²) in [5.41, 5.74) is 10.3. The molecule has 2 aromatic carbocycles. The molecule has 112 valence electrons. The van der Waals surface area contributed by atoms with Crippen LogP contribution in [0.1, 0.15) is 24.5 Å². The molecule has 2 aromatic rings. The van der Waals surface area contributed by atoms with Gasteiger partial charge < -0.3 is 10.6 Å². The standard InChI is InChI=1S/C18H23FN2/c1-4-16(20)12-14-11-15(19)7-10-18(14)21(3)17-8-5-13(2)6-9-17/h5-11,16H,4,12,20H2,1-3H3. The zero-order valence-corrected chi connectivity index (χ0v) is 12.9. The van der Waals surface area contributed by atoms with Crippen LogP contribution in [0.3, 0.4) is 0 Å². The van der Waals surface area contributed by atoms with Crippen LogP contribution in [0.15, 0.2) is 42.5 Å². The van der Waals surface area contributed by atoms with Crippen LogP contribution in [0.5, 0.6) is 0 Å². The monoisotopic (exact) mass is 286 g/mol. The molecule has 0 heterocycles. The van der Waals surface area contributed by atoms with E-state index in [0.717, 1.165) is 23.4 Å². The van der Waals surface area contributed by atoms with Crippen LogP contribution in [0.4, 0.5) is 15.8 Å². The van der Waals surface area contributed by atoms with Crippen molar-refractivity contribution in [1.29, 1.82) is 0 Å². The number of benzene rings is 2. The third-order valence-electron chi connectivity index (χ3n) is 3.83. The average molecular weight is 286 g/mol. The Morgan fingerprint density at radius 1 is 1.14 bits per heavy atom. The van der Waals surface area contributed by atoms with E-state index in [1.54, 1.807) is 6.07 Å². The number of anilines is 2. The number of rotatable bonds is 5. The van der Waals surface area contributed by atoms with E-state index >= 15 is 0 Å². The summed E-state index contributed by atoms with van der Waals surface area (Å²) in [4.78, 5) is 2.08. The highest BCUT2D eigenvalue weighted by atomic mass is 19.1. The van der Waals surface area contributed by atoms with Crippen LogP contribution >= 0.6 is 0 Å². The third kappa shape index (κ3) is 3.82. The van der Waals surface area contributed by atoms with Crippen molar-refractivity contribution >= 4 is 11.4 Å². The van der Waals surface area contributed by atoms with Gasteiger partial charge >= 0.3 is 0 Å². The predicted octanol–water partition coefficient (Wildman–Crippen LogP) is 4.18. The zero-order chi connectivity index (χ0) is 15.4. The molecule has 0 aromatic heterocycles. The summed E-state index contributed by atoms with van der Waals surface area (Å²) in [6, 6.07) is 13.3. The minimum Gasteiger partial charge on any atom is -0.344 e. The summed E-state index contributed by atoms with van der Waals surface area (Å²) in [7, 11) is 2.00. The van der Waals surface area contributed by atoms with E-state index in [4.69, 9.17) is 5.73 Å². The van der Waals surface area contributed by atoms with E-state index in [2.05, 4.69) is 36.1 Å². The molecule has 0 bridgehead atoms. The largest absolute Gasteiger partial charge is 0.344 e. The second kappa shape index (κ2) is 6.72. The Labute approximate surface area is 126 Å². The van der Waals surface area contributed by atoms with Crippen molar-refractivity contribution in [2.24, 2.45) is 5.73 Å². The van der Waals surface area contributed by atoms with Crippen molar-refractivity contribution in [3.05, 3.63) is 59.4 Å². The normalized spacial score (nSPS) is 12.2. The number of nitrogens with zero attached hydrogens (tertiary/aromatic N) is 1. The van der Waals surface area contributed by atoms with Gasteiger partial charge in [-0.3, -0.25) is 0 Å². The van der Waals surface area contributed by atoms with Crippen LogP contribution in [0.25, 0.3) is 0 Å². The van der Waals surface area contributed by atoms with E-state index in [-0.39, 0.29) is 11.9 Å². The molecule has 2 nitrogen and oxygen atoms in total. The third-order valence-corrected chi connectivity index (χ3v) is 3.83. The number of halogens is 1. The van der Waals surface area contributed by atoms with Crippen molar-refractivity contribution in [3.63, 3.8) is 0 Å². The molecule has 0 aliphatic carbocycles. The van der Waals surface area contributed by atoms with Crippen LogP contribution in [-0.4, -0.2) is 13.1 Å². The lowest BCUT2D eigenvalue weighted by Crippen LogP contribution is -2.23. The summed E-state index contributed by atoms with van der Waals surface area (Å²) in [5, 5.41) is 0. The SMILES string of the molecule is CCC(N)Cc1cc(F)ccc1N(C)c1ccc(C)cc1. The van der Waals surface area contributed by atoms with Gasteiger partial charge in [0, 0.05) is 24.5 Å². The Bertz CT molecular complexity index is 593. The van der Waals surface area contributed by atoms with Gasteiger partial charge in [-0.05, 0) is 55.7 Å². The van der Waals surface area contributed by atoms with E-state index < -0.39 is 0 Å². The molecule has 0 amide bonds. The fourth-order valence-corrected chi connectivity index (χ4v) is 2.38. The van der Waals surface area contributed by atoms with Crippen molar-refractivity contribution < 1.29 is 4.39 Å². The maximum Gasteiger partial charge on any atom is 0.123 e. The van der Waals surface area contributed by atoms with Crippen LogP contribution in [0, 0.1) is 12.7 Å². The van der Waals surface area contributed by atoms with E-state index in [1.807, 2.05) is 20.0 Å². The fraction of sp³-hybridized carbons (Fsp3) is 0.333. The first-order chi connectivity index (χ1) is 10.0. The maximum absolute atomic E-state index is 13.6. The van der Waals surface area contributed by atoms with Crippen LogP contribution in [-0.2, 0) is 6.42 Å². The lowest BCUT2D eigenvalue weighted by atomic mass is 10.0. The molecule has 2 rings (SSSR count). The number of hydrogen-bond donors (Lipinski definition) is 1. The lowest BCUT2D eigenvalue weighted by Gasteiger charge is -2.24. The Kier molecular flexibility index (Phi) is 4.97. The molecule has 0 radical (unpaired) electrons. The van der Waals surface area contributed by atoms with Gasteiger partial charge in [-0.15, -0.1) is 0 Å². The minimum atomic E-state index is -0.214. The van der Waals surface area contributed by atoms with Gasteiger partial charge in [0.1, 0.15) is 5.82 Å². The van der Waals surface area contributed by atoms with Crippen molar-refractivity contribution in [2.45, 2.75) is 32.7 Å². The first-order valence-corrected chi connectivity index (χ1v) is 7.35. The Morgan fingerprint density at radius 2 is 1.81 bits per heavy atom. The summed E-state index contributed by atoms with van der Waals surface area (Å²) >= 11 is 0. The quantitative estimate of drug-likeness (QED) is 0.893. The first kappa shape index (κ1) is 15.5. The summed E-state index contributed by atoms with van der Waals surface area (Å²) in [5.74, 6) is -0.214. The number of nitrogens with two attached hydrogens (primary N) is 1. The molecule has 0 aliphatic heterocycles. The number of aryl methyl sites for hydroxylation is 1. The lowest BCUT2D eigenvalue weighted by molar-refractivity contribution is 0.614. The zero-order valence-electron chi connectivity index (χ0n) is 12.9. The Balaban J connectivity index is 2.35. The van der Waals surface area contributed by atoms with Gasteiger partial charge in [0.2, 0.25) is 0 Å². The molecule has 1 unspecified atom stereocenters. The highest BCUT2D eigenvalue weighted by Gasteiger charge is 2.12. The van der Waals surface area contributed by atoms with Gasteiger partial charge in [0.25, 0.3) is 0 Å². The molecule has 3 heteroatoms. The molecule has 0 fully saturated rings. The molecule has 0 saturated heterocycles. The van der Waals surface area contributed by atoms with Crippen molar-refractivity contribution in [2.75, 3.05) is 11.9 Å². The van der Waals surface area contributed by atoms with Gasteiger partial charge in [0.15, 0.2) is 0 Å². The number of hydrogen-bond acceptors (Lipinski definition) is 2. The Morgan fingerprint density at radius 3 is 2.43 bits per heavy atom. The molecule has 0 spiro atoms. The van der Waals surface area contributed by atoms with Gasteiger partial charge in [-0.1, -0.05) is 24.6 Å². The van der Waals surface area contributed by atoms with Gasteiger partial charge in [0.05, 0.1) is 0 Å². The molecule has 2 N–H and O–H groups in total. The molecule has 0 aliphatic rings. The molecular formula is C18H23FN2. The van der Waals surface area contributed by atoms with Crippen molar-refractivity contribution in [3.8, 4) is 0 Å². The summed E-state index contributed by atoms with van der Waals surface area (Å²) < 4.78 is 13.6. The second-order valence-corrected chi connectivity index (χ2v) is 5.54. The van der Waals surface area contributed by atoms with E-state index in [9.17, 15) is 4.39 Å². The minimum absolute atomic E-state index is 0.0527. The fourth-order valence-electron chi connectivity index (χ4n) is 2.38. The highest BCUT2D eigenvalue weighted by Crippen LogP contribution is 2.28. The molecule has 21 heavy (non-hydrogen) atoms. The van der Waals surface area contributed by atoms with Crippen LogP contribution in [0.2, 0.25) is 0 Å². The van der Waals surface area contributed by atoms with Crippen molar-refractivity contribution in [1.82, 2.24) is 0 Å². The second-order valence-electron chi connectivity index (χ2n) is 5.54. The average Bonchev–Trinajstić information content (AvgIpc) is 2.47.